The van der Waals surface area contributed by atoms with Crippen molar-refractivity contribution in [2.75, 3.05) is 6.54 Å². The molecule has 0 spiro atoms. The topological polar surface area (TPSA) is 63.7 Å². The van der Waals surface area contributed by atoms with Crippen molar-refractivity contribution >= 4 is 32.3 Å². The Morgan fingerprint density at radius 3 is 2.52 bits per heavy atom. The summed E-state index contributed by atoms with van der Waals surface area (Å²) < 4.78 is 34.1. The van der Waals surface area contributed by atoms with Gasteiger partial charge in [-0.15, -0.1) is 0 Å². The number of aryl methyl sites for hydroxylation is 1. The van der Waals surface area contributed by atoms with Crippen molar-refractivity contribution in [3.63, 3.8) is 0 Å². The molecule has 6 heteroatoms. The summed E-state index contributed by atoms with van der Waals surface area (Å²) in [4.78, 5) is 12.6. The normalized spacial score (nSPS) is 23.6. The van der Waals surface area contributed by atoms with E-state index < -0.39 is 27.6 Å². The Labute approximate surface area is 182 Å². The Kier molecular flexibility index (Phi) is 4.53. The summed E-state index contributed by atoms with van der Waals surface area (Å²) in [6.45, 7) is 6.47. The highest BCUT2D eigenvalue weighted by Crippen LogP contribution is 2.49. The van der Waals surface area contributed by atoms with E-state index in [0.717, 1.165) is 21.9 Å². The predicted molar refractivity (Wildman–Crippen MR) is 120 cm³/mol. The predicted octanol–water partition coefficient (Wildman–Crippen LogP) is 4.31. The molecular weight excluding hydrogens is 410 g/mol. The Hall–Kier alpha value is -2.96. The summed E-state index contributed by atoms with van der Waals surface area (Å²) >= 11 is 0. The van der Waals surface area contributed by atoms with Crippen LogP contribution in [0.4, 0.5) is 0 Å². The smallest absolute Gasteiger partial charge is 0.308 e. The van der Waals surface area contributed by atoms with E-state index in [0.29, 0.717) is 12.0 Å². The average Bonchev–Trinajstić information content (AvgIpc) is 3.28. The second kappa shape index (κ2) is 7.04. The SMILES string of the molecule is C=C(c1ccc2ccccc2c1)[C@]12CCN(S(=O)(=O)c3ccc(C)cc3)[C@H]1CC(=O)O2. The lowest BCUT2D eigenvalue weighted by molar-refractivity contribution is -0.144. The van der Waals surface area contributed by atoms with Crippen molar-refractivity contribution in [1.82, 2.24) is 4.31 Å². The van der Waals surface area contributed by atoms with Crippen LogP contribution in [-0.4, -0.2) is 36.9 Å². The summed E-state index contributed by atoms with van der Waals surface area (Å²) in [7, 11) is -3.76. The molecule has 0 aromatic heterocycles. The first-order valence-corrected chi connectivity index (χ1v) is 11.7. The molecule has 0 bridgehead atoms. The Morgan fingerprint density at radius 2 is 1.77 bits per heavy atom. The number of carbonyl (C=O) groups excluding carboxylic acids is 1. The molecule has 0 unspecified atom stereocenters. The van der Waals surface area contributed by atoms with Gasteiger partial charge in [-0.25, -0.2) is 8.42 Å². The van der Waals surface area contributed by atoms with Crippen molar-refractivity contribution in [3.05, 3.63) is 84.4 Å². The summed E-state index contributed by atoms with van der Waals surface area (Å²) in [5.41, 5.74) is 1.44. The monoisotopic (exact) mass is 433 g/mol. The van der Waals surface area contributed by atoms with Crippen LogP contribution >= 0.6 is 0 Å². The lowest BCUT2D eigenvalue weighted by atomic mass is 9.83. The molecule has 0 radical (unpaired) electrons. The average molecular weight is 434 g/mol. The van der Waals surface area contributed by atoms with Crippen LogP contribution in [0.25, 0.3) is 16.3 Å². The number of ether oxygens (including phenoxy) is 1. The minimum Gasteiger partial charge on any atom is -0.452 e. The maximum atomic E-state index is 13.4. The molecule has 2 aliphatic rings. The first-order chi connectivity index (χ1) is 14.8. The zero-order valence-electron chi connectivity index (χ0n) is 17.2. The van der Waals surface area contributed by atoms with Crippen LogP contribution in [0.15, 0.2) is 78.2 Å². The van der Waals surface area contributed by atoms with Gasteiger partial charge in [0, 0.05) is 13.0 Å². The largest absolute Gasteiger partial charge is 0.452 e. The van der Waals surface area contributed by atoms with E-state index in [1.165, 1.54) is 4.31 Å². The van der Waals surface area contributed by atoms with Crippen molar-refractivity contribution in [2.24, 2.45) is 0 Å². The molecule has 2 heterocycles. The van der Waals surface area contributed by atoms with Crippen molar-refractivity contribution in [2.45, 2.75) is 36.3 Å². The lowest BCUT2D eigenvalue weighted by Gasteiger charge is -2.32. The second-order valence-corrected chi connectivity index (χ2v) is 10.2. The zero-order valence-corrected chi connectivity index (χ0v) is 18.1. The van der Waals surface area contributed by atoms with E-state index in [9.17, 15) is 13.2 Å². The highest BCUT2D eigenvalue weighted by Gasteiger charge is 2.60. The van der Waals surface area contributed by atoms with Crippen molar-refractivity contribution in [1.29, 1.82) is 0 Å². The molecule has 0 aliphatic carbocycles. The van der Waals surface area contributed by atoms with Crippen LogP contribution in [0.2, 0.25) is 0 Å². The third-order valence-electron chi connectivity index (χ3n) is 6.48. The number of esters is 1. The van der Waals surface area contributed by atoms with Crippen LogP contribution in [0.5, 0.6) is 0 Å². The number of fused-ring (bicyclic) bond motifs is 2. The van der Waals surface area contributed by atoms with Crippen LogP contribution in [-0.2, 0) is 19.6 Å². The quantitative estimate of drug-likeness (QED) is 0.575. The van der Waals surface area contributed by atoms with Gasteiger partial charge >= 0.3 is 5.97 Å². The minimum absolute atomic E-state index is 0.0255. The number of sulfonamides is 1. The maximum absolute atomic E-state index is 13.4. The van der Waals surface area contributed by atoms with Gasteiger partial charge in [-0.3, -0.25) is 4.79 Å². The third-order valence-corrected chi connectivity index (χ3v) is 8.40. The Morgan fingerprint density at radius 1 is 1.06 bits per heavy atom. The van der Waals surface area contributed by atoms with E-state index in [-0.39, 0.29) is 17.9 Å². The summed E-state index contributed by atoms with van der Waals surface area (Å²) in [5.74, 6) is -0.393. The molecule has 5 nitrogen and oxygen atoms in total. The fourth-order valence-corrected chi connectivity index (χ4v) is 6.45. The molecule has 0 amide bonds. The molecule has 3 aromatic rings. The van der Waals surface area contributed by atoms with Crippen LogP contribution < -0.4 is 0 Å². The number of hydrogen-bond donors (Lipinski definition) is 0. The van der Waals surface area contributed by atoms with E-state index in [1.54, 1.807) is 24.3 Å². The van der Waals surface area contributed by atoms with Gasteiger partial charge in [0.05, 0.1) is 17.4 Å². The minimum atomic E-state index is -3.76. The van der Waals surface area contributed by atoms with E-state index in [4.69, 9.17) is 4.74 Å². The van der Waals surface area contributed by atoms with Crippen LogP contribution in [0, 0.1) is 6.92 Å². The van der Waals surface area contributed by atoms with Crippen molar-refractivity contribution in [3.8, 4) is 0 Å². The van der Waals surface area contributed by atoms with Gasteiger partial charge in [-0.2, -0.15) is 4.31 Å². The molecule has 2 atom stereocenters. The van der Waals surface area contributed by atoms with E-state index >= 15 is 0 Å². The first kappa shape index (κ1) is 20.0. The van der Waals surface area contributed by atoms with Gasteiger partial charge in [0.1, 0.15) is 0 Å². The fraction of sp³-hybridized carbons (Fsp3) is 0.240. The van der Waals surface area contributed by atoms with Gasteiger partial charge in [0.2, 0.25) is 10.0 Å². The maximum Gasteiger partial charge on any atom is 0.308 e. The number of hydrogen-bond acceptors (Lipinski definition) is 4. The second-order valence-electron chi connectivity index (χ2n) is 8.30. The number of carbonyl (C=O) groups is 1. The molecule has 0 N–H and O–H groups in total. The standard InChI is InChI=1S/C25H23NO4S/c1-17-7-11-22(12-8-17)31(28,29)26-14-13-25(23(26)16-24(27)30-25)18(2)20-10-9-19-5-3-4-6-21(19)15-20/h3-12,15,23H,2,13-14,16H2,1H3/t23-,25+/m0/s1. The van der Waals surface area contributed by atoms with Crippen molar-refractivity contribution < 1.29 is 17.9 Å². The van der Waals surface area contributed by atoms with Gasteiger partial charge < -0.3 is 4.74 Å². The first-order valence-electron chi connectivity index (χ1n) is 10.3. The molecular formula is C25H23NO4S. The number of rotatable bonds is 4. The van der Waals surface area contributed by atoms with Gasteiger partial charge in [0.15, 0.2) is 5.60 Å². The number of nitrogens with zero attached hydrogens (tertiary/aromatic N) is 1. The lowest BCUT2D eigenvalue weighted by Crippen LogP contribution is -2.44. The molecule has 31 heavy (non-hydrogen) atoms. The van der Waals surface area contributed by atoms with E-state index in [1.807, 2.05) is 49.4 Å². The highest BCUT2D eigenvalue weighted by molar-refractivity contribution is 7.89. The highest BCUT2D eigenvalue weighted by atomic mass is 32.2. The van der Waals surface area contributed by atoms with Gasteiger partial charge in [-0.1, -0.05) is 60.7 Å². The molecule has 2 fully saturated rings. The molecule has 0 saturated carbocycles. The van der Waals surface area contributed by atoms with Gasteiger partial charge in [0.25, 0.3) is 0 Å². The summed E-state index contributed by atoms with van der Waals surface area (Å²) in [6.07, 6.45) is 0.415. The summed E-state index contributed by atoms with van der Waals surface area (Å²) in [6, 6.07) is 20.2. The molecule has 5 rings (SSSR count). The Bertz CT molecular complexity index is 1310. The third kappa shape index (κ3) is 3.09. The Balaban J connectivity index is 1.54. The van der Waals surface area contributed by atoms with Gasteiger partial charge in [-0.05, 0) is 47.0 Å². The van der Waals surface area contributed by atoms with Crippen LogP contribution in [0.3, 0.4) is 0 Å². The fourth-order valence-electron chi connectivity index (χ4n) is 4.79. The molecule has 3 aromatic carbocycles. The molecule has 2 aliphatic heterocycles. The summed E-state index contributed by atoms with van der Waals surface area (Å²) in [5, 5.41) is 2.16. The molecule has 158 valence electrons. The van der Waals surface area contributed by atoms with E-state index in [2.05, 4.69) is 6.58 Å². The van der Waals surface area contributed by atoms with Crippen LogP contribution in [0.1, 0.15) is 24.0 Å². The molecule has 2 saturated heterocycles. The zero-order chi connectivity index (χ0) is 21.8. The number of benzene rings is 3.